The van der Waals surface area contributed by atoms with Gasteiger partial charge in [0.2, 0.25) is 0 Å². The molecule has 1 saturated carbocycles. The van der Waals surface area contributed by atoms with Gasteiger partial charge < -0.3 is 20.9 Å². The summed E-state index contributed by atoms with van der Waals surface area (Å²) in [5.41, 5.74) is 7.58. The average molecular weight is 424 g/mol. The third-order valence-corrected chi connectivity index (χ3v) is 6.49. The largest absolute Gasteiger partial charge is 0.480 e. The number of nitrogens with two attached hydrogens (primary N) is 1. The van der Waals surface area contributed by atoms with Gasteiger partial charge in [-0.1, -0.05) is 67.1 Å². The first kappa shape index (κ1) is 23.5. The Hall–Kier alpha value is -2.19. The van der Waals surface area contributed by atoms with Gasteiger partial charge in [0.05, 0.1) is 0 Å². The van der Waals surface area contributed by atoms with Crippen molar-refractivity contribution in [2.45, 2.75) is 50.6 Å². The number of benzene rings is 2. The summed E-state index contributed by atoms with van der Waals surface area (Å²) in [4.78, 5) is 14.5. The Bertz CT molecular complexity index is 779. The number of hydrogen-bond acceptors (Lipinski definition) is 5. The molecule has 0 amide bonds. The second-order valence-electron chi connectivity index (χ2n) is 8.89. The number of hydrogen-bond donors (Lipinski definition) is 4. The molecule has 0 radical (unpaired) electrons. The van der Waals surface area contributed by atoms with E-state index in [4.69, 9.17) is 5.73 Å². The van der Waals surface area contributed by atoms with Crippen molar-refractivity contribution in [3.8, 4) is 0 Å². The molecule has 1 aliphatic rings. The maximum atomic E-state index is 12.2. The van der Waals surface area contributed by atoms with Gasteiger partial charge in [-0.15, -0.1) is 0 Å². The second-order valence-corrected chi connectivity index (χ2v) is 8.89. The lowest BCUT2D eigenvalue weighted by molar-refractivity contribution is -0.148. The van der Waals surface area contributed by atoms with Gasteiger partial charge in [0, 0.05) is 25.6 Å². The van der Waals surface area contributed by atoms with Crippen LogP contribution in [0.4, 0.5) is 0 Å². The Morgan fingerprint density at radius 1 is 1.00 bits per heavy atom. The summed E-state index contributed by atoms with van der Waals surface area (Å²) in [5, 5.41) is 28.4. The van der Waals surface area contributed by atoms with Crippen LogP contribution >= 0.6 is 0 Å². The highest BCUT2D eigenvalue weighted by atomic mass is 16.4. The van der Waals surface area contributed by atoms with Crippen LogP contribution in [0, 0.1) is 11.8 Å². The molecule has 0 spiro atoms. The zero-order valence-corrected chi connectivity index (χ0v) is 17.9. The average Bonchev–Trinajstić information content (AvgIpc) is 2.75. The van der Waals surface area contributed by atoms with E-state index >= 15 is 0 Å². The van der Waals surface area contributed by atoms with Crippen LogP contribution in [0.15, 0.2) is 60.7 Å². The maximum absolute atomic E-state index is 12.2. The number of aliphatic carboxylic acids is 1. The first-order valence-corrected chi connectivity index (χ1v) is 11.1. The number of carbonyl (C=O) groups is 1. The normalized spacial score (nSPS) is 23.6. The quantitative estimate of drug-likeness (QED) is 0.437. The van der Waals surface area contributed by atoms with Crippen LogP contribution in [0.25, 0.3) is 0 Å². The zero-order valence-electron chi connectivity index (χ0n) is 17.9. The summed E-state index contributed by atoms with van der Waals surface area (Å²) in [6, 6.07) is 20.4. The summed E-state index contributed by atoms with van der Waals surface area (Å²) >= 11 is 0. The molecule has 0 aliphatic heterocycles. The summed E-state index contributed by atoms with van der Waals surface area (Å²) < 4.78 is 0. The van der Waals surface area contributed by atoms with Gasteiger partial charge in [-0.05, 0) is 42.6 Å². The Labute approximate surface area is 184 Å². The highest BCUT2D eigenvalue weighted by Gasteiger charge is 2.47. The molecule has 1 aliphatic carbocycles. The van der Waals surface area contributed by atoms with Crippen LogP contribution in [-0.2, 0) is 17.9 Å². The second kappa shape index (κ2) is 10.9. The van der Waals surface area contributed by atoms with Crippen LogP contribution in [0.2, 0.25) is 6.32 Å². The molecule has 0 unspecified atom stereocenters. The minimum atomic E-state index is -1.36. The number of carboxylic acid groups (broad SMARTS) is 1. The highest BCUT2D eigenvalue weighted by molar-refractivity contribution is 6.40. The van der Waals surface area contributed by atoms with E-state index in [0.29, 0.717) is 19.4 Å². The van der Waals surface area contributed by atoms with Gasteiger partial charge in [0.25, 0.3) is 0 Å². The van der Waals surface area contributed by atoms with E-state index in [-0.39, 0.29) is 18.2 Å². The monoisotopic (exact) mass is 424 g/mol. The van der Waals surface area contributed by atoms with Crippen molar-refractivity contribution < 1.29 is 19.9 Å². The Morgan fingerprint density at radius 3 is 2.03 bits per heavy atom. The van der Waals surface area contributed by atoms with Crippen molar-refractivity contribution in [2.75, 3.05) is 6.54 Å². The lowest BCUT2D eigenvalue weighted by Crippen LogP contribution is -2.60. The van der Waals surface area contributed by atoms with Gasteiger partial charge in [0.1, 0.15) is 5.54 Å². The third kappa shape index (κ3) is 6.65. The Morgan fingerprint density at radius 2 is 1.55 bits per heavy atom. The van der Waals surface area contributed by atoms with E-state index in [1.54, 1.807) is 0 Å². The highest BCUT2D eigenvalue weighted by Crippen LogP contribution is 2.39. The third-order valence-electron chi connectivity index (χ3n) is 6.49. The van der Waals surface area contributed by atoms with Crippen molar-refractivity contribution in [2.24, 2.45) is 17.6 Å². The smallest absolute Gasteiger partial charge is 0.451 e. The zero-order chi connectivity index (χ0) is 22.3. The molecule has 0 heterocycles. The molecule has 0 aromatic heterocycles. The van der Waals surface area contributed by atoms with Crippen LogP contribution in [-0.4, -0.2) is 45.2 Å². The van der Waals surface area contributed by atoms with E-state index < -0.39 is 18.6 Å². The molecular formula is C24H33BN2O4. The molecule has 0 bridgehead atoms. The van der Waals surface area contributed by atoms with E-state index in [1.807, 2.05) is 36.4 Å². The molecular weight excluding hydrogens is 391 g/mol. The van der Waals surface area contributed by atoms with Crippen LogP contribution in [0.1, 0.15) is 36.8 Å². The lowest BCUT2D eigenvalue weighted by Gasteiger charge is -2.43. The number of nitrogens with zero attached hydrogens (tertiary/aromatic N) is 1. The predicted octanol–water partition coefficient (Wildman–Crippen LogP) is 2.75. The standard InChI is InChI=1S/C24H33BN2O4/c26-24(23(28)29)15-19(13-14-25(30)31)11-12-22(24)18-27(16-20-7-3-1-4-8-20)17-21-9-5-2-6-10-21/h1-10,19,22,30-31H,11-18,26H2,(H,28,29)/t19-,22-,24+/m0/s1. The molecule has 2 aromatic carbocycles. The van der Waals surface area contributed by atoms with E-state index in [9.17, 15) is 19.9 Å². The van der Waals surface area contributed by atoms with E-state index in [1.165, 1.54) is 11.1 Å². The molecule has 1 fully saturated rings. The van der Waals surface area contributed by atoms with Crippen LogP contribution in [0.5, 0.6) is 0 Å². The fourth-order valence-electron chi connectivity index (χ4n) is 4.77. The molecule has 3 atom stereocenters. The molecule has 5 N–H and O–H groups in total. The summed E-state index contributed by atoms with van der Waals surface area (Å²) in [6.07, 6.45) is 2.76. The van der Waals surface area contributed by atoms with E-state index in [0.717, 1.165) is 25.9 Å². The van der Waals surface area contributed by atoms with Gasteiger partial charge in [-0.3, -0.25) is 9.69 Å². The Kier molecular flexibility index (Phi) is 8.26. The van der Waals surface area contributed by atoms with Crippen molar-refractivity contribution in [1.29, 1.82) is 0 Å². The van der Waals surface area contributed by atoms with Gasteiger partial charge in [-0.25, -0.2) is 0 Å². The van der Waals surface area contributed by atoms with Gasteiger partial charge >= 0.3 is 13.1 Å². The van der Waals surface area contributed by atoms with Crippen molar-refractivity contribution >= 4 is 13.1 Å². The first-order valence-electron chi connectivity index (χ1n) is 11.1. The van der Waals surface area contributed by atoms with Crippen molar-refractivity contribution in [3.63, 3.8) is 0 Å². The fourth-order valence-corrected chi connectivity index (χ4v) is 4.77. The summed E-state index contributed by atoms with van der Waals surface area (Å²) in [7, 11) is -1.36. The molecule has 2 aromatic rings. The van der Waals surface area contributed by atoms with Crippen molar-refractivity contribution in [1.82, 2.24) is 4.90 Å². The fraction of sp³-hybridized carbons (Fsp3) is 0.458. The molecule has 0 saturated heterocycles. The minimum absolute atomic E-state index is 0.0934. The minimum Gasteiger partial charge on any atom is -0.480 e. The molecule has 6 nitrogen and oxygen atoms in total. The molecule has 7 heteroatoms. The molecule has 31 heavy (non-hydrogen) atoms. The topological polar surface area (TPSA) is 107 Å². The first-order chi connectivity index (χ1) is 14.9. The maximum Gasteiger partial charge on any atom is 0.451 e. The summed E-state index contributed by atoms with van der Waals surface area (Å²) in [6.45, 7) is 2.05. The van der Waals surface area contributed by atoms with Crippen molar-refractivity contribution in [3.05, 3.63) is 71.8 Å². The van der Waals surface area contributed by atoms with Gasteiger partial charge in [-0.2, -0.15) is 0 Å². The Balaban J connectivity index is 1.75. The number of rotatable bonds is 10. The molecule has 166 valence electrons. The number of carboxylic acids is 1. The van der Waals surface area contributed by atoms with Gasteiger partial charge in [0.15, 0.2) is 0 Å². The van der Waals surface area contributed by atoms with Crippen LogP contribution in [0.3, 0.4) is 0 Å². The predicted molar refractivity (Wildman–Crippen MR) is 122 cm³/mol. The SMILES string of the molecule is N[C@]1(C(=O)O)C[C@H](CCB(O)O)CC[C@H]1CN(Cc1ccccc1)Cc1ccccc1. The van der Waals surface area contributed by atoms with Crippen LogP contribution < -0.4 is 5.73 Å². The molecule has 3 rings (SSSR count). The van der Waals surface area contributed by atoms with E-state index in [2.05, 4.69) is 29.2 Å². The lowest BCUT2D eigenvalue weighted by atomic mass is 9.66. The summed E-state index contributed by atoms with van der Waals surface area (Å²) in [5.74, 6) is -1.05.